The van der Waals surface area contributed by atoms with E-state index in [9.17, 15) is 14.4 Å². The van der Waals surface area contributed by atoms with Crippen molar-refractivity contribution in [2.24, 2.45) is 0 Å². The van der Waals surface area contributed by atoms with Crippen LogP contribution in [0.2, 0.25) is 5.02 Å². The first-order valence-corrected chi connectivity index (χ1v) is 7.43. The van der Waals surface area contributed by atoms with E-state index in [-0.39, 0.29) is 11.3 Å². The molecule has 0 fully saturated rings. The summed E-state index contributed by atoms with van der Waals surface area (Å²) in [6, 6.07) is 12.4. The van der Waals surface area contributed by atoms with Gasteiger partial charge in [-0.1, -0.05) is 11.6 Å². The van der Waals surface area contributed by atoms with E-state index in [1.54, 1.807) is 42.5 Å². The molecular weight excluding hydrogens is 330 g/mol. The lowest BCUT2D eigenvalue weighted by Crippen LogP contribution is -2.12. The highest BCUT2D eigenvalue weighted by Gasteiger charge is 2.15. The summed E-state index contributed by atoms with van der Waals surface area (Å²) in [5.41, 5.74) is 1.02. The Hall–Kier alpha value is -2.92. The molecule has 1 N–H and O–H groups in total. The van der Waals surface area contributed by atoms with Crippen LogP contribution < -0.4 is 5.56 Å². The fraction of sp³-hybridized carbons (Fsp3) is 0.0556. The minimum Gasteiger partial charge on any atom is -0.465 e. The fourth-order valence-corrected chi connectivity index (χ4v) is 2.57. The summed E-state index contributed by atoms with van der Waals surface area (Å²) in [6.07, 6.45) is 0. The molecule has 0 aliphatic rings. The number of ketones is 1. The first kappa shape index (κ1) is 16.0. The molecule has 3 rings (SSSR count). The number of carbonyl (C=O) groups is 2. The molecule has 6 heteroatoms. The molecule has 3 aromatic rings. The fourth-order valence-electron chi connectivity index (χ4n) is 2.44. The Kier molecular flexibility index (Phi) is 4.18. The maximum atomic E-state index is 12.6. The van der Waals surface area contributed by atoms with Gasteiger partial charge in [-0.3, -0.25) is 9.59 Å². The number of hydrogen-bond donors (Lipinski definition) is 1. The molecule has 120 valence electrons. The number of aromatic nitrogens is 1. The summed E-state index contributed by atoms with van der Waals surface area (Å²) >= 11 is 5.83. The number of nitrogens with one attached hydrogen (secondary N) is 1. The number of hydrogen-bond acceptors (Lipinski definition) is 4. The molecule has 0 saturated carbocycles. The summed E-state index contributed by atoms with van der Waals surface area (Å²) in [4.78, 5) is 38.8. The maximum absolute atomic E-state index is 12.6. The third-order valence-corrected chi connectivity index (χ3v) is 3.87. The van der Waals surface area contributed by atoms with Gasteiger partial charge >= 0.3 is 5.97 Å². The van der Waals surface area contributed by atoms with E-state index in [0.29, 0.717) is 27.1 Å². The molecule has 0 aliphatic heterocycles. The number of methoxy groups -OCH3 is 1. The Labute approximate surface area is 141 Å². The van der Waals surface area contributed by atoms with Crippen LogP contribution in [0.15, 0.2) is 53.3 Å². The third-order valence-electron chi connectivity index (χ3n) is 3.62. The normalized spacial score (nSPS) is 10.6. The number of fused-ring (bicyclic) bond motifs is 1. The Balaban J connectivity index is 2.15. The minimum atomic E-state index is -0.637. The van der Waals surface area contributed by atoms with Crippen LogP contribution in [0.1, 0.15) is 26.3 Å². The number of ether oxygens (including phenoxy) is 1. The van der Waals surface area contributed by atoms with Crippen molar-refractivity contribution in [2.45, 2.75) is 0 Å². The largest absolute Gasteiger partial charge is 0.465 e. The van der Waals surface area contributed by atoms with Crippen molar-refractivity contribution in [3.63, 3.8) is 0 Å². The van der Waals surface area contributed by atoms with Crippen molar-refractivity contribution in [3.8, 4) is 0 Å². The predicted octanol–water partition coefficient (Wildman–Crippen LogP) is 3.20. The highest BCUT2D eigenvalue weighted by Crippen LogP contribution is 2.21. The van der Waals surface area contributed by atoms with Gasteiger partial charge in [0.2, 0.25) is 5.56 Å². The van der Waals surface area contributed by atoms with Crippen LogP contribution in [-0.2, 0) is 4.74 Å². The van der Waals surface area contributed by atoms with Crippen LogP contribution in [0.5, 0.6) is 0 Å². The lowest BCUT2D eigenvalue weighted by molar-refractivity contribution is 0.0602. The molecule has 2 aromatic carbocycles. The number of benzene rings is 2. The van der Waals surface area contributed by atoms with Gasteiger partial charge in [0.05, 0.1) is 12.7 Å². The van der Waals surface area contributed by atoms with Gasteiger partial charge in [0.25, 0.3) is 0 Å². The van der Waals surface area contributed by atoms with Crippen LogP contribution in [0.4, 0.5) is 0 Å². The molecule has 0 unspecified atom stereocenters. The zero-order valence-electron chi connectivity index (χ0n) is 12.6. The standard InChI is InChI=1S/C18H12ClNO4/c1-24-18(23)14-9-16(21)20-15-7-4-11(8-13(14)15)17(22)10-2-5-12(19)6-3-10/h2-9H,1H3,(H,20,21). The smallest absolute Gasteiger partial charge is 0.338 e. The van der Waals surface area contributed by atoms with E-state index in [2.05, 4.69) is 4.98 Å². The van der Waals surface area contributed by atoms with Crippen molar-refractivity contribution in [3.05, 3.63) is 80.6 Å². The highest BCUT2D eigenvalue weighted by molar-refractivity contribution is 6.30. The van der Waals surface area contributed by atoms with E-state index in [1.165, 1.54) is 7.11 Å². The van der Waals surface area contributed by atoms with E-state index in [4.69, 9.17) is 16.3 Å². The van der Waals surface area contributed by atoms with E-state index < -0.39 is 11.5 Å². The average molecular weight is 342 g/mol. The number of pyridine rings is 1. The summed E-state index contributed by atoms with van der Waals surface area (Å²) in [5, 5.41) is 0.983. The Morgan fingerprint density at radius 3 is 2.33 bits per heavy atom. The number of H-pyrrole nitrogens is 1. The van der Waals surface area contributed by atoms with Gasteiger partial charge in [-0.25, -0.2) is 4.79 Å². The lowest BCUT2D eigenvalue weighted by Gasteiger charge is -2.07. The number of aromatic amines is 1. The topological polar surface area (TPSA) is 76.2 Å². The van der Waals surface area contributed by atoms with Crippen LogP contribution in [0.3, 0.4) is 0 Å². The monoisotopic (exact) mass is 341 g/mol. The van der Waals surface area contributed by atoms with Gasteiger partial charge in [0.1, 0.15) is 0 Å². The molecule has 1 heterocycles. The molecule has 0 spiro atoms. The molecule has 0 atom stereocenters. The van der Waals surface area contributed by atoms with Crippen LogP contribution in [0, 0.1) is 0 Å². The summed E-state index contributed by atoms with van der Waals surface area (Å²) < 4.78 is 4.71. The predicted molar refractivity (Wildman–Crippen MR) is 90.8 cm³/mol. The van der Waals surface area contributed by atoms with Gasteiger partial charge in [0.15, 0.2) is 5.78 Å². The van der Waals surface area contributed by atoms with E-state index in [1.807, 2.05) is 0 Å². The van der Waals surface area contributed by atoms with E-state index in [0.717, 1.165) is 6.07 Å². The van der Waals surface area contributed by atoms with Gasteiger partial charge in [-0.2, -0.15) is 0 Å². The van der Waals surface area contributed by atoms with Crippen molar-refractivity contribution in [1.29, 1.82) is 0 Å². The van der Waals surface area contributed by atoms with Crippen molar-refractivity contribution in [1.82, 2.24) is 4.98 Å². The van der Waals surface area contributed by atoms with Crippen molar-refractivity contribution >= 4 is 34.3 Å². The first-order valence-electron chi connectivity index (χ1n) is 7.05. The third kappa shape index (κ3) is 2.94. The summed E-state index contributed by atoms with van der Waals surface area (Å²) in [7, 11) is 1.23. The Morgan fingerprint density at radius 1 is 1.00 bits per heavy atom. The van der Waals surface area contributed by atoms with Crippen LogP contribution in [-0.4, -0.2) is 23.8 Å². The van der Waals surface area contributed by atoms with E-state index >= 15 is 0 Å². The second kappa shape index (κ2) is 6.29. The summed E-state index contributed by atoms with van der Waals surface area (Å²) in [6.45, 7) is 0. The molecule has 1 aromatic heterocycles. The number of halogens is 1. The highest BCUT2D eigenvalue weighted by atomic mass is 35.5. The number of rotatable bonds is 3. The SMILES string of the molecule is COC(=O)c1cc(=O)[nH]c2ccc(C(=O)c3ccc(Cl)cc3)cc12. The van der Waals surface area contributed by atoms with Gasteiger partial charge in [-0.15, -0.1) is 0 Å². The molecule has 0 radical (unpaired) electrons. The molecular formula is C18H12ClNO4. The second-order valence-electron chi connectivity index (χ2n) is 5.14. The molecule has 0 amide bonds. The van der Waals surface area contributed by atoms with Crippen LogP contribution >= 0.6 is 11.6 Å². The Morgan fingerprint density at radius 2 is 1.67 bits per heavy atom. The quantitative estimate of drug-likeness (QED) is 0.586. The molecule has 5 nitrogen and oxygen atoms in total. The van der Waals surface area contributed by atoms with Crippen molar-refractivity contribution < 1.29 is 14.3 Å². The minimum absolute atomic E-state index is 0.113. The lowest BCUT2D eigenvalue weighted by atomic mass is 9.99. The van der Waals surface area contributed by atoms with Crippen molar-refractivity contribution in [2.75, 3.05) is 7.11 Å². The number of esters is 1. The second-order valence-corrected chi connectivity index (χ2v) is 5.57. The Bertz CT molecular complexity index is 1010. The first-order chi connectivity index (χ1) is 11.5. The zero-order valence-corrected chi connectivity index (χ0v) is 13.4. The molecule has 0 aliphatic carbocycles. The average Bonchev–Trinajstić information content (AvgIpc) is 2.60. The van der Waals surface area contributed by atoms with Gasteiger partial charge in [0, 0.05) is 33.1 Å². The molecule has 0 saturated heterocycles. The van der Waals surface area contributed by atoms with Crippen LogP contribution in [0.25, 0.3) is 10.9 Å². The van der Waals surface area contributed by atoms with Gasteiger partial charge < -0.3 is 9.72 Å². The van der Waals surface area contributed by atoms with Gasteiger partial charge in [-0.05, 0) is 42.5 Å². The summed E-state index contributed by atoms with van der Waals surface area (Å²) in [5.74, 6) is -0.849. The molecule has 24 heavy (non-hydrogen) atoms. The number of carbonyl (C=O) groups excluding carboxylic acids is 2. The maximum Gasteiger partial charge on any atom is 0.338 e. The molecule has 0 bridgehead atoms. The zero-order chi connectivity index (χ0) is 17.3.